The van der Waals surface area contributed by atoms with Crippen LogP contribution >= 0.6 is 0 Å². The van der Waals surface area contributed by atoms with E-state index in [0.29, 0.717) is 29.0 Å². The maximum atomic E-state index is 12.6. The van der Waals surface area contributed by atoms with E-state index in [1.807, 2.05) is 0 Å². The van der Waals surface area contributed by atoms with Crippen molar-refractivity contribution in [3.05, 3.63) is 0 Å². The van der Waals surface area contributed by atoms with Gasteiger partial charge in [-0.05, 0) is 61.7 Å². The SMILES string of the molecule is CO/N=C1/CC2CCCC[C@]2(C)[C@H]2CC[C@]3(C)C(=O)CC[C@H]3[C@H]12. The molecule has 0 aliphatic heterocycles. The van der Waals surface area contributed by atoms with Crippen molar-refractivity contribution >= 4 is 11.5 Å². The number of nitrogens with zero attached hydrogens (tertiary/aromatic N) is 1. The van der Waals surface area contributed by atoms with Crippen molar-refractivity contribution in [3.63, 3.8) is 0 Å². The predicted molar refractivity (Wildman–Crippen MR) is 91.2 cm³/mol. The van der Waals surface area contributed by atoms with E-state index in [4.69, 9.17) is 4.84 Å². The average molecular weight is 317 g/mol. The first-order valence-corrected chi connectivity index (χ1v) is 9.64. The third-order valence-electron chi connectivity index (χ3n) is 8.33. The fourth-order valence-corrected chi connectivity index (χ4v) is 6.98. The first-order chi connectivity index (χ1) is 11.0. The average Bonchev–Trinajstić information content (AvgIpc) is 2.83. The van der Waals surface area contributed by atoms with Crippen LogP contribution in [-0.2, 0) is 9.63 Å². The number of carbonyl (C=O) groups excluding carboxylic acids is 1. The van der Waals surface area contributed by atoms with Crippen molar-refractivity contribution in [3.8, 4) is 0 Å². The summed E-state index contributed by atoms with van der Waals surface area (Å²) in [5, 5.41) is 4.51. The third kappa shape index (κ3) is 2.07. The van der Waals surface area contributed by atoms with Crippen molar-refractivity contribution in [2.45, 2.75) is 71.6 Å². The van der Waals surface area contributed by atoms with E-state index in [2.05, 4.69) is 19.0 Å². The minimum absolute atomic E-state index is 0.0897. The Bertz CT molecular complexity index is 542. The van der Waals surface area contributed by atoms with Crippen molar-refractivity contribution in [2.75, 3.05) is 7.11 Å². The third-order valence-corrected chi connectivity index (χ3v) is 8.33. The van der Waals surface area contributed by atoms with Gasteiger partial charge in [0.2, 0.25) is 0 Å². The normalized spacial score (nSPS) is 51.1. The van der Waals surface area contributed by atoms with Gasteiger partial charge in [0.05, 0.1) is 5.71 Å². The molecule has 4 aliphatic rings. The van der Waals surface area contributed by atoms with Gasteiger partial charge in [0, 0.05) is 17.8 Å². The van der Waals surface area contributed by atoms with E-state index >= 15 is 0 Å². The molecule has 0 amide bonds. The zero-order valence-electron chi connectivity index (χ0n) is 14.9. The number of fused-ring (bicyclic) bond motifs is 5. The molecular formula is C20H31NO2. The summed E-state index contributed by atoms with van der Waals surface area (Å²) in [6.07, 6.45) is 10.7. The van der Waals surface area contributed by atoms with Crippen LogP contribution in [0.15, 0.2) is 5.16 Å². The smallest absolute Gasteiger partial charge is 0.139 e. The fraction of sp³-hybridized carbons (Fsp3) is 0.900. The molecule has 0 bridgehead atoms. The van der Waals surface area contributed by atoms with Gasteiger partial charge in [0.25, 0.3) is 0 Å². The Morgan fingerprint density at radius 1 is 1.09 bits per heavy atom. The summed E-state index contributed by atoms with van der Waals surface area (Å²) >= 11 is 0. The molecule has 0 N–H and O–H groups in total. The van der Waals surface area contributed by atoms with E-state index in [1.165, 1.54) is 37.8 Å². The summed E-state index contributed by atoms with van der Waals surface area (Å²) in [6, 6.07) is 0. The molecule has 3 nitrogen and oxygen atoms in total. The lowest BCUT2D eigenvalue weighted by Gasteiger charge is -2.59. The molecule has 4 saturated carbocycles. The zero-order chi connectivity index (χ0) is 16.2. The predicted octanol–water partition coefficient (Wildman–Crippen LogP) is 4.60. The minimum atomic E-state index is -0.0897. The Hall–Kier alpha value is -0.860. The van der Waals surface area contributed by atoms with Crippen LogP contribution in [0, 0.1) is 34.5 Å². The van der Waals surface area contributed by atoms with Crippen molar-refractivity contribution in [1.29, 1.82) is 0 Å². The number of hydrogen-bond acceptors (Lipinski definition) is 3. The highest BCUT2D eigenvalue weighted by Gasteiger charge is 2.61. The molecular weight excluding hydrogens is 286 g/mol. The number of hydrogen-bond donors (Lipinski definition) is 0. The maximum absolute atomic E-state index is 12.6. The van der Waals surface area contributed by atoms with Gasteiger partial charge >= 0.3 is 0 Å². The van der Waals surface area contributed by atoms with Crippen LogP contribution in [0.4, 0.5) is 0 Å². The Kier molecular flexibility index (Phi) is 3.62. The van der Waals surface area contributed by atoms with E-state index in [-0.39, 0.29) is 5.41 Å². The molecule has 0 radical (unpaired) electrons. The van der Waals surface area contributed by atoms with Crippen LogP contribution in [0.1, 0.15) is 71.6 Å². The van der Waals surface area contributed by atoms with Gasteiger partial charge in [-0.25, -0.2) is 0 Å². The molecule has 0 saturated heterocycles. The number of rotatable bonds is 1. The number of Topliss-reactive ketones (excluding diaryl/α,β-unsaturated/α-hetero) is 1. The Labute approximate surface area is 140 Å². The molecule has 4 rings (SSSR count). The molecule has 0 aromatic carbocycles. The minimum Gasteiger partial charge on any atom is -0.399 e. The van der Waals surface area contributed by atoms with Crippen LogP contribution in [0.2, 0.25) is 0 Å². The quantitative estimate of drug-likeness (QED) is 0.663. The van der Waals surface area contributed by atoms with Crippen LogP contribution in [0.5, 0.6) is 0 Å². The molecule has 3 heteroatoms. The van der Waals surface area contributed by atoms with E-state index in [0.717, 1.165) is 31.6 Å². The molecule has 0 spiro atoms. The van der Waals surface area contributed by atoms with Gasteiger partial charge in [0.1, 0.15) is 12.9 Å². The standard InChI is InChI=1S/C20H31NO2/c1-19-10-5-4-6-13(19)12-16(21-23-3)18-14-7-8-17(22)20(14,2)11-9-15(18)19/h13-15,18H,4-12H2,1-3H3/b21-16-/t13?,14-,15-,18-,19-,20-/m0/s1. The summed E-state index contributed by atoms with van der Waals surface area (Å²) in [7, 11) is 1.68. The highest BCUT2D eigenvalue weighted by molar-refractivity contribution is 5.92. The lowest BCUT2D eigenvalue weighted by atomic mass is 9.45. The summed E-state index contributed by atoms with van der Waals surface area (Å²) in [5.74, 6) is 2.97. The van der Waals surface area contributed by atoms with Crippen LogP contribution in [-0.4, -0.2) is 18.6 Å². The highest BCUT2D eigenvalue weighted by Crippen LogP contribution is 2.64. The molecule has 0 aromatic rings. The summed E-state index contributed by atoms with van der Waals surface area (Å²) < 4.78 is 0. The first-order valence-electron chi connectivity index (χ1n) is 9.64. The van der Waals surface area contributed by atoms with Crippen molar-refractivity contribution in [1.82, 2.24) is 0 Å². The fourth-order valence-electron chi connectivity index (χ4n) is 6.98. The topological polar surface area (TPSA) is 38.7 Å². The van der Waals surface area contributed by atoms with Gasteiger partial charge in [-0.1, -0.05) is 31.8 Å². The molecule has 0 heterocycles. The van der Waals surface area contributed by atoms with Gasteiger partial charge < -0.3 is 4.84 Å². The molecule has 6 atom stereocenters. The van der Waals surface area contributed by atoms with Gasteiger partial charge in [-0.15, -0.1) is 0 Å². The van der Waals surface area contributed by atoms with Crippen molar-refractivity contribution in [2.24, 2.45) is 39.7 Å². The summed E-state index contributed by atoms with van der Waals surface area (Å²) in [6.45, 7) is 4.79. The van der Waals surface area contributed by atoms with E-state index < -0.39 is 0 Å². The van der Waals surface area contributed by atoms with E-state index in [9.17, 15) is 4.79 Å². The molecule has 1 unspecified atom stereocenters. The molecule has 0 aromatic heterocycles. The van der Waals surface area contributed by atoms with Gasteiger partial charge in [-0.3, -0.25) is 4.79 Å². The van der Waals surface area contributed by atoms with E-state index in [1.54, 1.807) is 7.11 Å². The van der Waals surface area contributed by atoms with Gasteiger partial charge in [-0.2, -0.15) is 0 Å². The Balaban J connectivity index is 1.76. The molecule has 23 heavy (non-hydrogen) atoms. The van der Waals surface area contributed by atoms with Crippen LogP contribution in [0.25, 0.3) is 0 Å². The maximum Gasteiger partial charge on any atom is 0.139 e. The second kappa shape index (κ2) is 5.32. The lowest BCUT2D eigenvalue weighted by molar-refractivity contribution is -0.132. The molecule has 4 aliphatic carbocycles. The summed E-state index contributed by atoms with van der Waals surface area (Å²) in [5.41, 5.74) is 1.66. The second-order valence-electron chi connectivity index (χ2n) is 9.07. The summed E-state index contributed by atoms with van der Waals surface area (Å²) in [4.78, 5) is 17.8. The number of oxime groups is 1. The number of ketones is 1. The Morgan fingerprint density at radius 3 is 2.70 bits per heavy atom. The second-order valence-corrected chi connectivity index (χ2v) is 9.07. The monoisotopic (exact) mass is 317 g/mol. The zero-order valence-corrected chi connectivity index (χ0v) is 14.9. The highest BCUT2D eigenvalue weighted by atomic mass is 16.6. The number of carbonyl (C=O) groups is 1. The van der Waals surface area contributed by atoms with Crippen LogP contribution in [0.3, 0.4) is 0 Å². The van der Waals surface area contributed by atoms with Crippen LogP contribution < -0.4 is 0 Å². The molecule has 4 fully saturated rings. The largest absolute Gasteiger partial charge is 0.399 e. The lowest BCUT2D eigenvalue weighted by Crippen LogP contribution is -2.56. The molecule has 128 valence electrons. The first kappa shape index (κ1) is 15.7. The van der Waals surface area contributed by atoms with Gasteiger partial charge in [0.15, 0.2) is 0 Å². The Morgan fingerprint density at radius 2 is 1.91 bits per heavy atom. The van der Waals surface area contributed by atoms with Crippen molar-refractivity contribution < 1.29 is 9.63 Å².